The van der Waals surface area contributed by atoms with E-state index in [2.05, 4.69) is 20.4 Å². The Morgan fingerprint density at radius 2 is 2.08 bits per heavy atom. The monoisotopic (exact) mass is 354 g/mol. The molecule has 2 aromatic rings. The second-order valence-electron chi connectivity index (χ2n) is 7.60. The largest absolute Gasteiger partial charge is 0.356 e. The fourth-order valence-electron chi connectivity index (χ4n) is 4.65. The number of aromatic nitrogens is 3. The Morgan fingerprint density at radius 3 is 2.96 bits per heavy atom. The predicted molar refractivity (Wildman–Crippen MR) is 97.0 cm³/mol. The summed E-state index contributed by atoms with van der Waals surface area (Å²) in [5.74, 6) is 3.78. The molecule has 1 amide bonds. The van der Waals surface area contributed by atoms with E-state index in [4.69, 9.17) is 4.52 Å². The van der Waals surface area contributed by atoms with Gasteiger partial charge in [0.15, 0.2) is 0 Å². The van der Waals surface area contributed by atoms with Crippen LogP contribution >= 0.6 is 0 Å². The van der Waals surface area contributed by atoms with Gasteiger partial charge in [-0.1, -0.05) is 18.0 Å². The third-order valence-corrected chi connectivity index (χ3v) is 5.99. The summed E-state index contributed by atoms with van der Waals surface area (Å²) in [5.41, 5.74) is 0.884. The van der Waals surface area contributed by atoms with Gasteiger partial charge in [0, 0.05) is 37.3 Å². The van der Waals surface area contributed by atoms with Gasteiger partial charge in [0.2, 0.25) is 17.6 Å². The molecule has 138 valence electrons. The first kappa shape index (κ1) is 17.2. The molecule has 2 heterocycles. The third kappa shape index (κ3) is 3.94. The first-order valence-corrected chi connectivity index (χ1v) is 9.79. The van der Waals surface area contributed by atoms with Crippen LogP contribution in [0.1, 0.15) is 50.8 Å². The first-order valence-electron chi connectivity index (χ1n) is 9.79. The quantitative estimate of drug-likeness (QED) is 0.824. The average Bonchev–Trinajstić information content (AvgIpc) is 3.38. The highest BCUT2D eigenvalue weighted by Gasteiger charge is 2.38. The summed E-state index contributed by atoms with van der Waals surface area (Å²) in [6.07, 6.45) is 12.1. The Balaban J connectivity index is 1.18. The number of carbonyl (C=O) groups excluding carboxylic acids is 1. The van der Waals surface area contributed by atoms with Crippen LogP contribution in [0.15, 0.2) is 29.0 Å². The number of amides is 1. The summed E-state index contributed by atoms with van der Waals surface area (Å²) in [6, 6.07) is 3.69. The molecule has 3 atom stereocenters. The minimum absolute atomic E-state index is 0.139. The molecule has 0 radical (unpaired) electrons. The lowest BCUT2D eigenvalue weighted by Gasteiger charge is -2.18. The molecule has 26 heavy (non-hydrogen) atoms. The molecule has 2 fully saturated rings. The highest BCUT2D eigenvalue weighted by Crippen LogP contribution is 2.47. The number of hydrogen-bond donors (Lipinski definition) is 1. The van der Waals surface area contributed by atoms with Gasteiger partial charge in [0.05, 0.1) is 0 Å². The standard InChI is InChI=1S/C20H26N4O2/c25-18(22-13-16-8-7-14-3-1-4-17(14)16)5-2-6-19-23-20(24-26-19)15-9-11-21-12-10-15/h9-12,14,16-17H,1-8,13H2,(H,22,25)/t14-,16+,17-/m0/s1. The molecular formula is C20H26N4O2. The number of aryl methyl sites for hydroxylation is 1. The number of carbonyl (C=O) groups is 1. The Labute approximate surface area is 153 Å². The summed E-state index contributed by atoms with van der Waals surface area (Å²) >= 11 is 0. The van der Waals surface area contributed by atoms with Gasteiger partial charge in [-0.15, -0.1) is 0 Å². The first-order chi connectivity index (χ1) is 12.8. The van der Waals surface area contributed by atoms with Crippen molar-refractivity contribution in [2.24, 2.45) is 17.8 Å². The van der Waals surface area contributed by atoms with Crippen molar-refractivity contribution >= 4 is 5.91 Å². The van der Waals surface area contributed by atoms with E-state index >= 15 is 0 Å². The molecular weight excluding hydrogens is 328 g/mol. The number of fused-ring (bicyclic) bond motifs is 1. The van der Waals surface area contributed by atoms with Gasteiger partial charge < -0.3 is 9.84 Å². The van der Waals surface area contributed by atoms with E-state index in [-0.39, 0.29) is 5.91 Å². The lowest BCUT2D eigenvalue weighted by molar-refractivity contribution is -0.121. The molecule has 0 aliphatic heterocycles. The molecule has 2 aromatic heterocycles. The molecule has 0 saturated heterocycles. The van der Waals surface area contributed by atoms with Crippen molar-refractivity contribution < 1.29 is 9.32 Å². The fraction of sp³-hybridized carbons (Fsp3) is 0.600. The minimum Gasteiger partial charge on any atom is -0.356 e. The smallest absolute Gasteiger partial charge is 0.226 e. The summed E-state index contributed by atoms with van der Waals surface area (Å²) in [7, 11) is 0. The highest BCUT2D eigenvalue weighted by molar-refractivity contribution is 5.75. The van der Waals surface area contributed by atoms with Gasteiger partial charge in [-0.05, 0) is 55.6 Å². The van der Waals surface area contributed by atoms with Crippen LogP contribution in [0.25, 0.3) is 11.4 Å². The van der Waals surface area contributed by atoms with Crippen molar-refractivity contribution in [1.29, 1.82) is 0 Å². The lowest BCUT2D eigenvalue weighted by Crippen LogP contribution is -2.30. The van der Waals surface area contributed by atoms with Crippen molar-refractivity contribution in [2.45, 2.75) is 51.4 Å². The third-order valence-electron chi connectivity index (χ3n) is 5.99. The van der Waals surface area contributed by atoms with Gasteiger partial charge in [0.25, 0.3) is 0 Å². The molecule has 2 aliphatic carbocycles. The molecule has 6 nitrogen and oxygen atoms in total. The van der Waals surface area contributed by atoms with Crippen molar-refractivity contribution in [2.75, 3.05) is 6.54 Å². The van der Waals surface area contributed by atoms with Gasteiger partial charge in [0.1, 0.15) is 0 Å². The van der Waals surface area contributed by atoms with Crippen LogP contribution in [0.2, 0.25) is 0 Å². The van der Waals surface area contributed by atoms with Crippen LogP contribution in [0.3, 0.4) is 0 Å². The zero-order valence-electron chi connectivity index (χ0n) is 15.1. The van der Waals surface area contributed by atoms with Crippen LogP contribution in [0.5, 0.6) is 0 Å². The number of hydrogen-bond acceptors (Lipinski definition) is 5. The fourth-order valence-corrected chi connectivity index (χ4v) is 4.65. The number of pyridine rings is 1. The minimum atomic E-state index is 0.139. The summed E-state index contributed by atoms with van der Waals surface area (Å²) in [6.45, 7) is 0.854. The van der Waals surface area contributed by atoms with E-state index < -0.39 is 0 Å². The van der Waals surface area contributed by atoms with E-state index in [0.29, 0.717) is 30.5 Å². The maximum absolute atomic E-state index is 12.1. The van der Waals surface area contributed by atoms with Crippen molar-refractivity contribution in [3.05, 3.63) is 30.4 Å². The second-order valence-corrected chi connectivity index (χ2v) is 7.60. The van der Waals surface area contributed by atoms with E-state index in [1.165, 1.54) is 32.1 Å². The Morgan fingerprint density at radius 1 is 1.19 bits per heavy atom. The molecule has 0 unspecified atom stereocenters. The highest BCUT2D eigenvalue weighted by atomic mass is 16.5. The number of rotatable bonds is 7. The molecule has 4 rings (SSSR count). The maximum Gasteiger partial charge on any atom is 0.226 e. The van der Waals surface area contributed by atoms with E-state index in [9.17, 15) is 4.79 Å². The molecule has 0 spiro atoms. The van der Waals surface area contributed by atoms with Crippen LogP contribution in [0.4, 0.5) is 0 Å². The molecule has 1 N–H and O–H groups in total. The van der Waals surface area contributed by atoms with Crippen molar-refractivity contribution in [1.82, 2.24) is 20.4 Å². The zero-order valence-corrected chi connectivity index (χ0v) is 15.1. The second kappa shape index (κ2) is 7.98. The average molecular weight is 354 g/mol. The number of nitrogens with one attached hydrogen (secondary N) is 1. The molecule has 6 heteroatoms. The van der Waals surface area contributed by atoms with Gasteiger partial charge >= 0.3 is 0 Å². The summed E-state index contributed by atoms with van der Waals surface area (Å²) in [5, 5.41) is 7.13. The molecule has 0 aromatic carbocycles. The van der Waals surface area contributed by atoms with Crippen LogP contribution in [-0.4, -0.2) is 27.6 Å². The Kier molecular flexibility index (Phi) is 5.27. The van der Waals surface area contributed by atoms with Gasteiger partial charge in [-0.3, -0.25) is 9.78 Å². The van der Waals surface area contributed by atoms with Crippen LogP contribution in [-0.2, 0) is 11.2 Å². The Bertz CT molecular complexity index is 730. The maximum atomic E-state index is 12.1. The van der Waals surface area contributed by atoms with E-state index in [0.717, 1.165) is 30.4 Å². The Hall–Kier alpha value is -2.24. The predicted octanol–water partition coefficient (Wildman–Crippen LogP) is 3.40. The van der Waals surface area contributed by atoms with Crippen molar-refractivity contribution in [3.8, 4) is 11.4 Å². The SMILES string of the molecule is O=C(CCCc1nc(-c2ccncc2)no1)NC[C@H]1CC[C@@H]2CCC[C@@H]21. The zero-order chi connectivity index (χ0) is 17.8. The molecule has 2 aliphatic rings. The normalized spacial score (nSPS) is 24.5. The topological polar surface area (TPSA) is 80.9 Å². The van der Waals surface area contributed by atoms with Gasteiger partial charge in [-0.25, -0.2) is 0 Å². The van der Waals surface area contributed by atoms with Crippen LogP contribution < -0.4 is 5.32 Å². The molecule has 0 bridgehead atoms. The van der Waals surface area contributed by atoms with E-state index in [1.807, 2.05) is 12.1 Å². The number of nitrogens with zero attached hydrogens (tertiary/aromatic N) is 3. The molecule has 2 saturated carbocycles. The summed E-state index contributed by atoms with van der Waals surface area (Å²) < 4.78 is 5.28. The van der Waals surface area contributed by atoms with Crippen molar-refractivity contribution in [3.63, 3.8) is 0 Å². The van der Waals surface area contributed by atoms with Gasteiger partial charge in [-0.2, -0.15) is 4.98 Å². The summed E-state index contributed by atoms with van der Waals surface area (Å²) in [4.78, 5) is 20.5. The lowest BCUT2D eigenvalue weighted by atomic mass is 9.92. The van der Waals surface area contributed by atoms with Crippen LogP contribution in [0, 0.1) is 17.8 Å². The van der Waals surface area contributed by atoms with E-state index in [1.54, 1.807) is 12.4 Å².